The molecule has 52 heavy (non-hydrogen) atoms. The van der Waals surface area contributed by atoms with E-state index in [2.05, 4.69) is 21.7 Å². The minimum atomic E-state index is -0.971. The summed E-state index contributed by atoms with van der Waals surface area (Å²) < 4.78 is 58.9. The van der Waals surface area contributed by atoms with Crippen molar-refractivity contribution in [2.75, 3.05) is 42.9 Å². The van der Waals surface area contributed by atoms with Crippen LogP contribution in [0.5, 0.6) is 6.01 Å². The zero-order valence-corrected chi connectivity index (χ0v) is 30.3. The average Bonchev–Trinajstić information content (AvgIpc) is 3.44. The van der Waals surface area contributed by atoms with Gasteiger partial charge in [0.2, 0.25) is 0 Å². The first kappa shape index (κ1) is 36.0. The van der Waals surface area contributed by atoms with Crippen LogP contribution in [0.3, 0.4) is 0 Å². The third-order valence-corrected chi connectivity index (χ3v) is 10.9. The number of piperazine rings is 1. The Morgan fingerprint density at radius 1 is 1.21 bits per heavy atom. The molecule has 2 aromatic carbocycles. The number of hydrogen-bond acceptors (Lipinski definition) is 11. The van der Waals surface area contributed by atoms with Crippen molar-refractivity contribution in [2.45, 2.75) is 70.5 Å². The van der Waals surface area contributed by atoms with Gasteiger partial charge >= 0.3 is 12.1 Å². The van der Waals surface area contributed by atoms with Gasteiger partial charge < -0.3 is 19.7 Å². The number of fused-ring (bicyclic) bond motifs is 4. The van der Waals surface area contributed by atoms with Crippen LogP contribution in [-0.4, -0.2) is 77.7 Å². The van der Waals surface area contributed by atoms with E-state index in [1.807, 2.05) is 15.9 Å². The first-order chi connectivity index (χ1) is 24.8. The summed E-state index contributed by atoms with van der Waals surface area (Å²) in [6.45, 7) is 7.34. The molecule has 2 N–H and O–H groups in total. The monoisotopic (exact) mass is 752 g/mol. The van der Waals surface area contributed by atoms with Gasteiger partial charge in [0, 0.05) is 61.0 Å². The van der Waals surface area contributed by atoms with E-state index >= 15 is 8.78 Å². The number of benzene rings is 2. The number of anilines is 2. The zero-order chi connectivity index (χ0) is 36.9. The molecule has 272 valence electrons. The number of aromatic nitrogens is 2. The topological polar surface area (TPSA) is 139 Å². The van der Waals surface area contributed by atoms with Gasteiger partial charge in [-0.15, -0.1) is 11.3 Å². The molecule has 3 saturated heterocycles. The van der Waals surface area contributed by atoms with Crippen LogP contribution in [0.25, 0.3) is 32.1 Å². The maximum absolute atomic E-state index is 17.2. The van der Waals surface area contributed by atoms with E-state index < -0.39 is 35.7 Å². The van der Waals surface area contributed by atoms with Crippen LogP contribution in [0.15, 0.2) is 18.2 Å². The highest BCUT2D eigenvalue weighted by molar-refractivity contribution is 7.23. The highest BCUT2D eigenvalue weighted by Gasteiger charge is 2.41. The molecule has 11 nitrogen and oxygen atoms in total. The predicted molar refractivity (Wildman–Crippen MR) is 192 cm³/mol. The van der Waals surface area contributed by atoms with Crippen LogP contribution >= 0.6 is 22.9 Å². The number of piperidine rings is 2. The van der Waals surface area contributed by atoms with Gasteiger partial charge in [-0.05, 0) is 57.7 Å². The second-order valence-corrected chi connectivity index (χ2v) is 15.7. The lowest BCUT2D eigenvalue weighted by Gasteiger charge is -2.45. The molecule has 1 amide bonds. The number of carbonyl (C=O) groups is 1. The number of alkyl halides is 1. The average molecular weight is 753 g/mol. The molecule has 0 aliphatic carbocycles. The highest BCUT2D eigenvalue weighted by atomic mass is 35.5. The van der Waals surface area contributed by atoms with E-state index in [1.54, 1.807) is 20.8 Å². The second-order valence-electron chi connectivity index (χ2n) is 14.3. The first-order valence-corrected chi connectivity index (χ1v) is 18.3. The largest absolute Gasteiger partial charge is 0.444 e. The number of nitriles is 2. The Hall–Kier alpha value is -4.41. The number of nitrogens with zero attached hydrogens (tertiary/aromatic N) is 6. The Balaban J connectivity index is 1.38. The van der Waals surface area contributed by atoms with Gasteiger partial charge in [-0.2, -0.15) is 20.5 Å². The Morgan fingerprint density at radius 2 is 2.02 bits per heavy atom. The smallest absolute Gasteiger partial charge is 0.412 e. The van der Waals surface area contributed by atoms with E-state index in [0.717, 1.165) is 30.2 Å². The Morgan fingerprint density at radius 3 is 2.75 bits per heavy atom. The fraction of sp³-hybridized carbons (Fsp3) is 0.472. The lowest BCUT2D eigenvalue weighted by molar-refractivity contribution is -0.0989. The van der Waals surface area contributed by atoms with Crippen LogP contribution in [0.2, 0.25) is 5.02 Å². The number of amides is 1. The molecule has 5 atom stereocenters. The van der Waals surface area contributed by atoms with Crippen molar-refractivity contribution in [1.29, 1.82) is 10.5 Å². The van der Waals surface area contributed by atoms with Crippen molar-refractivity contribution in [3.05, 3.63) is 40.4 Å². The minimum Gasteiger partial charge on any atom is -0.444 e. The van der Waals surface area contributed by atoms with Gasteiger partial charge in [0.05, 0.1) is 27.8 Å². The highest BCUT2D eigenvalue weighted by Crippen LogP contribution is 2.47. The number of thiophene rings is 1. The van der Waals surface area contributed by atoms with Gasteiger partial charge in [0.1, 0.15) is 40.0 Å². The number of ether oxygens (including phenoxy) is 2. The number of hydrogen-bond donors (Lipinski definition) is 2. The third kappa shape index (κ3) is 6.90. The van der Waals surface area contributed by atoms with E-state index in [-0.39, 0.29) is 73.3 Å². The summed E-state index contributed by atoms with van der Waals surface area (Å²) in [5, 5.41) is 25.8. The summed E-state index contributed by atoms with van der Waals surface area (Å²) in [5.74, 6) is -1.26. The fourth-order valence-corrected chi connectivity index (χ4v) is 8.79. The van der Waals surface area contributed by atoms with Crippen molar-refractivity contribution in [3.8, 4) is 29.3 Å². The number of carbonyl (C=O) groups excluding carboxylic acids is 1. The predicted octanol–water partition coefficient (Wildman–Crippen LogP) is 7.51. The van der Waals surface area contributed by atoms with Gasteiger partial charge in [-0.1, -0.05) is 17.7 Å². The summed E-state index contributed by atoms with van der Waals surface area (Å²) in [7, 11) is 0. The molecule has 2 bridgehead atoms. The molecule has 0 spiro atoms. The maximum atomic E-state index is 17.2. The maximum Gasteiger partial charge on any atom is 0.412 e. The van der Waals surface area contributed by atoms with Crippen LogP contribution < -0.4 is 20.3 Å². The van der Waals surface area contributed by atoms with E-state index in [4.69, 9.17) is 26.1 Å². The van der Waals surface area contributed by atoms with Crippen LogP contribution in [0, 0.1) is 40.2 Å². The zero-order valence-electron chi connectivity index (χ0n) is 28.7. The Bertz CT molecular complexity index is 2130. The molecule has 2 aromatic heterocycles. The van der Waals surface area contributed by atoms with Crippen molar-refractivity contribution >= 4 is 60.8 Å². The molecule has 16 heteroatoms. The lowest BCUT2D eigenvalue weighted by Crippen LogP contribution is -2.55. The van der Waals surface area contributed by atoms with Crippen LogP contribution in [0.4, 0.5) is 28.8 Å². The third-order valence-electron chi connectivity index (χ3n) is 9.52. The Kier molecular flexibility index (Phi) is 9.82. The first-order valence-electron chi connectivity index (χ1n) is 17.1. The molecule has 0 saturated carbocycles. The lowest BCUT2D eigenvalue weighted by atomic mass is 9.86. The van der Waals surface area contributed by atoms with E-state index in [9.17, 15) is 19.7 Å². The molecule has 2 unspecified atom stereocenters. The molecular formula is C36H36ClF3N8O3S. The number of nitrogens with one attached hydrogen (secondary N) is 2. The molecule has 7 rings (SSSR count). The van der Waals surface area contributed by atoms with Crippen molar-refractivity contribution < 1.29 is 27.4 Å². The standard InChI is InChI=1S/C36H36ClF3N8O3S/c1-36(2,3)51-35(49)46-32-23(15-42)26-21(6-7-25(39)30(26)52-32)27-24(37)14-22-29(28(27)40)44-34(45-31(22)47-12-10-43-20(17-47)8-9-41)50-33-18-5-4-11-48(33)16-19(38)13-18/h6-7,14,18-20,33,43H,4-5,8,10-13,16-17H2,1-3H3,(H,46,49)/t18-,19-,20+,33?/m1/s1. The van der Waals surface area contributed by atoms with Gasteiger partial charge in [-0.3, -0.25) is 10.2 Å². The summed E-state index contributed by atoms with van der Waals surface area (Å²) >= 11 is 7.72. The summed E-state index contributed by atoms with van der Waals surface area (Å²) in [5.41, 5.74) is -1.05. The molecule has 3 aliphatic rings. The second kappa shape index (κ2) is 14.2. The SMILES string of the molecule is CC(C)(C)OC(=O)Nc1sc2c(F)ccc(-c3c(Cl)cc4c(N5CCN[C@@H](CC#N)C5)nc(OC5[C@@H]6CCCN5C[C@H](F)C6)nc4c3F)c2c1C#N. The summed E-state index contributed by atoms with van der Waals surface area (Å²) in [4.78, 5) is 25.9. The van der Waals surface area contributed by atoms with Crippen molar-refractivity contribution in [2.24, 2.45) is 5.92 Å². The molecule has 0 radical (unpaired) electrons. The number of rotatable bonds is 6. The van der Waals surface area contributed by atoms with Gasteiger partial charge in [0.25, 0.3) is 0 Å². The normalized spacial score (nSPS) is 23.2. The molecule has 3 fully saturated rings. The minimum absolute atomic E-state index is 0.0106. The molecular weight excluding hydrogens is 717 g/mol. The van der Waals surface area contributed by atoms with Crippen LogP contribution in [0.1, 0.15) is 52.0 Å². The summed E-state index contributed by atoms with van der Waals surface area (Å²) in [6, 6.07) is 7.99. The van der Waals surface area contributed by atoms with Crippen molar-refractivity contribution in [1.82, 2.24) is 20.2 Å². The quantitative estimate of drug-likeness (QED) is 0.203. The Labute approximate surface area is 307 Å². The van der Waals surface area contributed by atoms with E-state index in [1.165, 1.54) is 12.1 Å². The fourth-order valence-electron chi connectivity index (χ4n) is 7.43. The van der Waals surface area contributed by atoms with E-state index in [0.29, 0.717) is 43.8 Å². The molecule has 3 aliphatic heterocycles. The summed E-state index contributed by atoms with van der Waals surface area (Å²) in [6.07, 6.45) is -0.0264. The number of halogens is 4. The van der Waals surface area contributed by atoms with Crippen LogP contribution in [-0.2, 0) is 4.74 Å². The molecule has 5 heterocycles. The van der Waals surface area contributed by atoms with Gasteiger partial charge in [-0.25, -0.2) is 18.0 Å². The van der Waals surface area contributed by atoms with Crippen molar-refractivity contribution in [3.63, 3.8) is 0 Å². The van der Waals surface area contributed by atoms with Gasteiger partial charge in [0.15, 0.2) is 12.0 Å². The molecule has 4 aromatic rings.